The van der Waals surface area contributed by atoms with Crippen LogP contribution in [0, 0.1) is 5.82 Å². The monoisotopic (exact) mass is 401 g/mol. The Bertz CT molecular complexity index is 707. The van der Waals surface area contributed by atoms with E-state index in [0.29, 0.717) is 6.54 Å². The number of nitrogens with one attached hydrogen (secondary N) is 2. The molecular formula is C17H24FN3O7. The maximum absolute atomic E-state index is 14.4. The zero-order valence-electron chi connectivity index (χ0n) is 15.2. The number of benzene rings is 1. The minimum absolute atomic E-state index is 0.199. The van der Waals surface area contributed by atoms with Crippen LogP contribution in [0.25, 0.3) is 0 Å². The van der Waals surface area contributed by atoms with Gasteiger partial charge < -0.3 is 45.4 Å². The highest BCUT2D eigenvalue weighted by Gasteiger charge is 2.43. The third-order valence-electron chi connectivity index (χ3n) is 4.75. The maximum Gasteiger partial charge on any atom is 0.410 e. The van der Waals surface area contributed by atoms with E-state index in [1.54, 1.807) is 7.05 Å². The summed E-state index contributed by atoms with van der Waals surface area (Å²) in [6.07, 6.45) is -7.49. The van der Waals surface area contributed by atoms with Gasteiger partial charge >= 0.3 is 6.09 Å². The number of likely N-dealkylation sites (N-methyl/N-ethyl adjacent to an activating group) is 1. The van der Waals surface area contributed by atoms with Crippen molar-refractivity contribution in [2.24, 2.45) is 0 Å². The molecule has 6 atom stereocenters. The summed E-state index contributed by atoms with van der Waals surface area (Å²) in [6.45, 7) is 0.0952. The summed E-state index contributed by atoms with van der Waals surface area (Å²) in [5.41, 5.74) is 0.462. The molecular weight excluding hydrogens is 377 g/mol. The van der Waals surface area contributed by atoms with Gasteiger partial charge in [0, 0.05) is 12.7 Å². The molecule has 0 aromatic heterocycles. The Balaban J connectivity index is 1.60. The van der Waals surface area contributed by atoms with E-state index in [1.807, 2.05) is 0 Å². The first-order valence-corrected chi connectivity index (χ1v) is 8.82. The molecule has 1 aromatic rings. The van der Waals surface area contributed by atoms with E-state index in [4.69, 9.17) is 9.47 Å². The standard InChI is InChI=1S/C17H24FN3O7/c1-21-6-9(27-17(21)26)5-19-11-3-2-8(4-10(11)18)20-16-15(25)14(24)13(23)12(7-22)28-16/h2-4,9,12-16,19-20,22-25H,5-7H2,1H3/t9-,12?,13-,14+,15?,16-/m0/s1. The molecule has 10 nitrogen and oxygen atoms in total. The van der Waals surface area contributed by atoms with Crippen LogP contribution in [0.2, 0.25) is 0 Å². The van der Waals surface area contributed by atoms with Crippen LogP contribution in [0.1, 0.15) is 0 Å². The first kappa shape index (κ1) is 20.6. The van der Waals surface area contributed by atoms with Gasteiger partial charge in [-0.15, -0.1) is 0 Å². The molecule has 6 N–H and O–H groups in total. The SMILES string of the molecule is CN1C[C@H](CNc2ccc(N[C@H]3OC(CO)[C@H](O)[C@@H](O)C3O)cc2F)OC1=O. The molecule has 2 aliphatic heterocycles. The molecule has 0 aliphatic carbocycles. The summed E-state index contributed by atoms with van der Waals surface area (Å²) in [6, 6.07) is 4.15. The van der Waals surface area contributed by atoms with E-state index in [1.165, 1.54) is 17.0 Å². The van der Waals surface area contributed by atoms with Crippen molar-refractivity contribution in [3.8, 4) is 0 Å². The number of carbonyl (C=O) groups is 1. The molecule has 3 rings (SSSR count). The van der Waals surface area contributed by atoms with E-state index in [0.717, 1.165) is 6.07 Å². The van der Waals surface area contributed by atoms with Gasteiger partial charge in [-0.1, -0.05) is 0 Å². The molecule has 28 heavy (non-hydrogen) atoms. The quantitative estimate of drug-likeness (QED) is 0.350. The molecule has 1 aromatic carbocycles. The van der Waals surface area contributed by atoms with Gasteiger partial charge in [-0.3, -0.25) is 0 Å². The van der Waals surface area contributed by atoms with E-state index < -0.39 is 49.2 Å². The summed E-state index contributed by atoms with van der Waals surface area (Å²) in [7, 11) is 1.61. The molecule has 0 radical (unpaired) electrons. The highest BCUT2D eigenvalue weighted by atomic mass is 19.1. The van der Waals surface area contributed by atoms with Crippen molar-refractivity contribution in [3.63, 3.8) is 0 Å². The minimum Gasteiger partial charge on any atom is -0.442 e. The topological polar surface area (TPSA) is 144 Å². The van der Waals surface area contributed by atoms with Gasteiger partial charge in [-0.05, 0) is 18.2 Å². The Morgan fingerprint density at radius 1 is 1.25 bits per heavy atom. The Hall–Kier alpha value is -2.18. The smallest absolute Gasteiger partial charge is 0.410 e. The number of anilines is 2. The normalized spacial score (nSPS) is 32.9. The van der Waals surface area contributed by atoms with Crippen molar-refractivity contribution in [3.05, 3.63) is 24.0 Å². The molecule has 156 valence electrons. The predicted octanol–water partition coefficient (Wildman–Crippen LogP) is -1.10. The van der Waals surface area contributed by atoms with Gasteiger partial charge in [0.05, 0.1) is 25.4 Å². The number of halogens is 1. The van der Waals surface area contributed by atoms with E-state index in [-0.39, 0.29) is 24.0 Å². The summed E-state index contributed by atoms with van der Waals surface area (Å²) in [5.74, 6) is -0.590. The summed E-state index contributed by atoms with van der Waals surface area (Å²) in [4.78, 5) is 12.8. The third-order valence-corrected chi connectivity index (χ3v) is 4.75. The Labute approximate surface area is 160 Å². The number of hydrogen-bond donors (Lipinski definition) is 6. The van der Waals surface area contributed by atoms with Gasteiger partial charge in [0.1, 0.15) is 36.3 Å². The van der Waals surface area contributed by atoms with Crippen molar-refractivity contribution >= 4 is 17.5 Å². The second kappa shape index (κ2) is 8.45. The maximum atomic E-state index is 14.4. The largest absolute Gasteiger partial charge is 0.442 e. The van der Waals surface area contributed by atoms with Crippen LogP contribution in [-0.4, -0.2) is 94.9 Å². The number of aliphatic hydroxyl groups is 4. The number of cyclic esters (lactones) is 1. The van der Waals surface area contributed by atoms with Gasteiger partial charge in [0.2, 0.25) is 0 Å². The van der Waals surface area contributed by atoms with Gasteiger partial charge in [0.15, 0.2) is 6.23 Å². The lowest BCUT2D eigenvalue weighted by molar-refractivity contribution is -0.221. The van der Waals surface area contributed by atoms with Gasteiger partial charge in [-0.25, -0.2) is 9.18 Å². The average molecular weight is 401 g/mol. The van der Waals surface area contributed by atoms with Crippen LogP contribution >= 0.6 is 0 Å². The first-order chi connectivity index (χ1) is 13.3. The fourth-order valence-corrected chi connectivity index (χ4v) is 3.11. The number of carbonyl (C=O) groups excluding carboxylic acids is 1. The highest BCUT2D eigenvalue weighted by Crippen LogP contribution is 2.25. The van der Waals surface area contributed by atoms with E-state index in [9.17, 15) is 29.6 Å². The minimum atomic E-state index is -1.53. The first-order valence-electron chi connectivity index (χ1n) is 8.82. The van der Waals surface area contributed by atoms with Crippen molar-refractivity contribution in [2.45, 2.75) is 36.7 Å². The molecule has 2 heterocycles. The second-order valence-corrected chi connectivity index (χ2v) is 6.86. The van der Waals surface area contributed by atoms with Crippen LogP contribution < -0.4 is 10.6 Å². The molecule has 2 unspecified atom stereocenters. The van der Waals surface area contributed by atoms with Crippen molar-refractivity contribution < 1.29 is 39.1 Å². The molecule has 2 saturated heterocycles. The third kappa shape index (κ3) is 4.28. The van der Waals surface area contributed by atoms with Gasteiger partial charge in [0.25, 0.3) is 0 Å². The van der Waals surface area contributed by atoms with Gasteiger partial charge in [-0.2, -0.15) is 0 Å². The Morgan fingerprint density at radius 2 is 2.00 bits per heavy atom. The van der Waals surface area contributed by atoms with E-state index in [2.05, 4.69) is 10.6 Å². The highest BCUT2D eigenvalue weighted by molar-refractivity contribution is 5.69. The molecule has 2 fully saturated rings. The van der Waals surface area contributed by atoms with Crippen LogP contribution in [-0.2, 0) is 9.47 Å². The molecule has 0 bridgehead atoms. The summed E-state index contributed by atoms with van der Waals surface area (Å²) < 4.78 is 24.8. The Kier molecular flexibility index (Phi) is 6.20. The van der Waals surface area contributed by atoms with Crippen LogP contribution in [0.15, 0.2) is 18.2 Å². The fourth-order valence-electron chi connectivity index (χ4n) is 3.11. The number of ether oxygens (including phenoxy) is 2. The number of aliphatic hydroxyl groups excluding tert-OH is 4. The Morgan fingerprint density at radius 3 is 2.61 bits per heavy atom. The van der Waals surface area contributed by atoms with E-state index >= 15 is 0 Å². The number of nitrogens with zero attached hydrogens (tertiary/aromatic N) is 1. The van der Waals surface area contributed by atoms with Crippen LogP contribution in [0.4, 0.5) is 20.6 Å². The van der Waals surface area contributed by atoms with Crippen LogP contribution in [0.5, 0.6) is 0 Å². The summed E-state index contributed by atoms with van der Waals surface area (Å²) >= 11 is 0. The lowest BCUT2D eigenvalue weighted by atomic mass is 9.98. The number of hydrogen-bond acceptors (Lipinski definition) is 9. The molecule has 0 saturated carbocycles. The van der Waals surface area contributed by atoms with Crippen molar-refractivity contribution in [1.29, 1.82) is 0 Å². The summed E-state index contributed by atoms with van der Waals surface area (Å²) in [5, 5.41) is 44.4. The van der Waals surface area contributed by atoms with Crippen LogP contribution in [0.3, 0.4) is 0 Å². The number of amides is 1. The predicted molar refractivity (Wildman–Crippen MR) is 95.2 cm³/mol. The zero-order chi connectivity index (χ0) is 20.4. The second-order valence-electron chi connectivity index (χ2n) is 6.86. The fraction of sp³-hybridized carbons (Fsp3) is 0.588. The molecule has 11 heteroatoms. The lowest BCUT2D eigenvalue weighted by Gasteiger charge is -2.40. The molecule has 1 amide bonds. The van der Waals surface area contributed by atoms with Crippen molar-refractivity contribution in [1.82, 2.24) is 4.90 Å². The molecule has 2 aliphatic rings. The van der Waals surface area contributed by atoms with Crippen molar-refractivity contribution in [2.75, 3.05) is 37.4 Å². The lowest BCUT2D eigenvalue weighted by Crippen LogP contribution is -2.60. The zero-order valence-corrected chi connectivity index (χ0v) is 15.2. The average Bonchev–Trinajstić information content (AvgIpc) is 2.99. The number of rotatable bonds is 6. The molecule has 0 spiro atoms.